The number of H-pyrrole nitrogens is 1. The Morgan fingerprint density at radius 1 is 1.15 bits per heavy atom. The van der Waals surface area contributed by atoms with E-state index in [-0.39, 0.29) is 5.56 Å². The molecule has 1 aromatic heterocycles. The van der Waals surface area contributed by atoms with Gasteiger partial charge in [-0.15, -0.1) is 0 Å². The molecule has 0 fully saturated rings. The third-order valence-electron chi connectivity index (χ3n) is 3.86. The molecule has 3 N–H and O–H groups in total. The van der Waals surface area contributed by atoms with E-state index < -0.39 is 12.0 Å². The summed E-state index contributed by atoms with van der Waals surface area (Å²) in [6.45, 7) is 1.74. The molecular formula is C19H18N4O3. The number of aryl methyl sites for hydroxylation is 1. The van der Waals surface area contributed by atoms with Crippen LogP contribution in [0.2, 0.25) is 0 Å². The minimum atomic E-state index is -1.33. The second-order valence-electron chi connectivity index (χ2n) is 5.67. The summed E-state index contributed by atoms with van der Waals surface area (Å²) in [4.78, 5) is 24.5. The van der Waals surface area contributed by atoms with E-state index in [1.165, 1.54) is 10.9 Å². The molecule has 0 bridgehead atoms. The fourth-order valence-electron chi connectivity index (χ4n) is 2.48. The van der Waals surface area contributed by atoms with Crippen molar-refractivity contribution in [2.24, 2.45) is 5.10 Å². The van der Waals surface area contributed by atoms with Gasteiger partial charge in [0.1, 0.15) is 0 Å². The quantitative estimate of drug-likeness (QED) is 0.482. The van der Waals surface area contributed by atoms with Gasteiger partial charge >= 0.3 is 0 Å². The van der Waals surface area contributed by atoms with Crippen LogP contribution >= 0.6 is 0 Å². The van der Waals surface area contributed by atoms with Gasteiger partial charge in [0.25, 0.3) is 11.5 Å². The molecule has 0 spiro atoms. The van der Waals surface area contributed by atoms with Gasteiger partial charge < -0.3 is 5.11 Å². The van der Waals surface area contributed by atoms with Crippen LogP contribution < -0.4 is 11.0 Å². The van der Waals surface area contributed by atoms with Crippen LogP contribution in [-0.2, 0) is 4.79 Å². The van der Waals surface area contributed by atoms with E-state index in [4.69, 9.17) is 0 Å². The number of rotatable bonds is 5. The summed E-state index contributed by atoms with van der Waals surface area (Å²) in [6, 6.07) is 17.7. The molecule has 1 heterocycles. The van der Waals surface area contributed by atoms with Gasteiger partial charge in [-0.3, -0.25) is 14.7 Å². The number of amides is 1. The number of aliphatic hydroxyl groups excluding tert-OH is 1. The van der Waals surface area contributed by atoms with Gasteiger partial charge in [0, 0.05) is 5.69 Å². The maximum absolute atomic E-state index is 12.5. The van der Waals surface area contributed by atoms with Gasteiger partial charge in [0.15, 0.2) is 6.10 Å². The zero-order chi connectivity index (χ0) is 18.5. The van der Waals surface area contributed by atoms with E-state index in [0.29, 0.717) is 22.5 Å². The predicted octanol–water partition coefficient (Wildman–Crippen LogP) is 1.66. The third kappa shape index (κ3) is 3.62. The first-order valence-electron chi connectivity index (χ1n) is 8.01. The molecule has 0 aliphatic rings. The second kappa shape index (κ2) is 7.62. The highest BCUT2D eigenvalue weighted by molar-refractivity contribution is 5.85. The summed E-state index contributed by atoms with van der Waals surface area (Å²) in [5.41, 5.74) is 4.06. The molecule has 3 aromatic rings. The van der Waals surface area contributed by atoms with Crippen molar-refractivity contribution in [3.8, 4) is 5.69 Å². The molecule has 0 radical (unpaired) electrons. The number of nitrogens with zero attached hydrogens (tertiary/aromatic N) is 2. The Labute approximate surface area is 149 Å². The number of aliphatic hydroxyl groups is 1. The van der Waals surface area contributed by atoms with E-state index in [1.807, 2.05) is 18.2 Å². The van der Waals surface area contributed by atoms with E-state index in [2.05, 4.69) is 15.6 Å². The predicted molar refractivity (Wildman–Crippen MR) is 98.3 cm³/mol. The van der Waals surface area contributed by atoms with Crippen LogP contribution in [0, 0.1) is 6.92 Å². The van der Waals surface area contributed by atoms with Gasteiger partial charge in [0.05, 0.1) is 17.5 Å². The van der Waals surface area contributed by atoms with Crippen molar-refractivity contribution >= 4 is 12.1 Å². The molecule has 0 aliphatic heterocycles. The molecule has 0 unspecified atom stereocenters. The standard InChI is InChI=1S/C19H18N4O3/c1-13-16(19(26)23(22-13)15-10-6-3-7-11-15)12-20-21-18(25)17(24)14-8-4-2-5-9-14/h2-12,17,22,24H,1H3,(H,21,25)/b20-12+/t17-/m0/s1. The zero-order valence-corrected chi connectivity index (χ0v) is 14.1. The minimum Gasteiger partial charge on any atom is -0.378 e. The Balaban J connectivity index is 1.74. The third-order valence-corrected chi connectivity index (χ3v) is 3.86. The van der Waals surface area contributed by atoms with Gasteiger partial charge in [-0.05, 0) is 24.6 Å². The van der Waals surface area contributed by atoms with Gasteiger partial charge in [-0.1, -0.05) is 48.5 Å². The Bertz CT molecular complexity index is 975. The van der Waals surface area contributed by atoms with Crippen molar-refractivity contribution < 1.29 is 9.90 Å². The number of aromatic nitrogens is 2. The molecule has 1 atom stereocenters. The number of hydrogen-bond donors (Lipinski definition) is 3. The summed E-state index contributed by atoms with van der Waals surface area (Å²) in [5.74, 6) is -0.677. The lowest BCUT2D eigenvalue weighted by Crippen LogP contribution is -2.25. The number of hydrazone groups is 1. The van der Waals surface area contributed by atoms with Gasteiger partial charge in [0.2, 0.25) is 0 Å². The highest BCUT2D eigenvalue weighted by Gasteiger charge is 2.16. The maximum atomic E-state index is 12.5. The average Bonchev–Trinajstić information content (AvgIpc) is 2.97. The van der Waals surface area contributed by atoms with E-state index in [9.17, 15) is 14.7 Å². The Morgan fingerprint density at radius 2 is 1.77 bits per heavy atom. The van der Waals surface area contributed by atoms with Gasteiger partial charge in [-0.2, -0.15) is 5.10 Å². The molecular weight excluding hydrogens is 332 g/mol. The normalized spacial score (nSPS) is 12.2. The van der Waals surface area contributed by atoms with E-state index >= 15 is 0 Å². The summed E-state index contributed by atoms with van der Waals surface area (Å²) in [5, 5.41) is 16.8. The Hall–Kier alpha value is -3.45. The first kappa shape index (κ1) is 17.4. The summed E-state index contributed by atoms with van der Waals surface area (Å²) in [7, 11) is 0. The smallest absolute Gasteiger partial charge is 0.280 e. The molecule has 0 aliphatic carbocycles. The first-order valence-corrected chi connectivity index (χ1v) is 8.01. The van der Waals surface area contributed by atoms with Crippen LogP contribution in [0.5, 0.6) is 0 Å². The summed E-state index contributed by atoms with van der Waals surface area (Å²) < 4.78 is 1.40. The summed E-state index contributed by atoms with van der Waals surface area (Å²) in [6.07, 6.45) is -0.0647. The number of benzene rings is 2. The Morgan fingerprint density at radius 3 is 2.42 bits per heavy atom. The topological polar surface area (TPSA) is 99.5 Å². The lowest BCUT2D eigenvalue weighted by atomic mass is 10.1. The molecule has 3 rings (SSSR count). The number of carbonyl (C=O) groups excluding carboxylic acids is 1. The van der Waals surface area contributed by atoms with E-state index in [1.54, 1.807) is 49.4 Å². The Kier molecular flexibility index (Phi) is 5.09. The first-order chi connectivity index (χ1) is 12.6. The molecule has 1 amide bonds. The fraction of sp³-hybridized carbons (Fsp3) is 0.105. The number of aromatic amines is 1. The lowest BCUT2D eigenvalue weighted by molar-refractivity contribution is -0.129. The molecule has 26 heavy (non-hydrogen) atoms. The molecule has 132 valence electrons. The molecule has 7 heteroatoms. The lowest BCUT2D eigenvalue weighted by Gasteiger charge is -2.08. The van der Waals surface area contributed by atoms with Crippen molar-refractivity contribution in [2.45, 2.75) is 13.0 Å². The van der Waals surface area contributed by atoms with Crippen molar-refractivity contribution in [3.05, 3.63) is 87.8 Å². The number of para-hydroxylation sites is 1. The SMILES string of the molecule is Cc1[nH]n(-c2ccccc2)c(=O)c1/C=N/NC(=O)[C@@H](O)c1ccccc1. The molecule has 2 aromatic carbocycles. The van der Waals surface area contributed by atoms with Crippen molar-refractivity contribution in [3.63, 3.8) is 0 Å². The molecule has 0 saturated carbocycles. The number of nitrogens with one attached hydrogen (secondary N) is 2. The second-order valence-corrected chi connectivity index (χ2v) is 5.67. The zero-order valence-electron chi connectivity index (χ0n) is 14.1. The van der Waals surface area contributed by atoms with Crippen molar-refractivity contribution in [2.75, 3.05) is 0 Å². The van der Waals surface area contributed by atoms with Crippen LogP contribution in [0.3, 0.4) is 0 Å². The summed E-state index contributed by atoms with van der Waals surface area (Å²) >= 11 is 0. The monoisotopic (exact) mass is 350 g/mol. The highest BCUT2D eigenvalue weighted by Crippen LogP contribution is 2.11. The molecule has 0 saturated heterocycles. The van der Waals surface area contributed by atoms with E-state index in [0.717, 1.165) is 0 Å². The molecule has 7 nitrogen and oxygen atoms in total. The van der Waals surface area contributed by atoms with Crippen LogP contribution in [-0.4, -0.2) is 27.0 Å². The highest BCUT2D eigenvalue weighted by atomic mass is 16.3. The fourth-order valence-corrected chi connectivity index (χ4v) is 2.48. The van der Waals surface area contributed by atoms with Crippen LogP contribution in [0.25, 0.3) is 5.69 Å². The average molecular weight is 350 g/mol. The van der Waals surface area contributed by atoms with Crippen LogP contribution in [0.15, 0.2) is 70.6 Å². The van der Waals surface area contributed by atoms with Crippen molar-refractivity contribution in [1.82, 2.24) is 15.2 Å². The van der Waals surface area contributed by atoms with Gasteiger partial charge in [-0.25, -0.2) is 10.1 Å². The van der Waals surface area contributed by atoms with Crippen molar-refractivity contribution in [1.29, 1.82) is 0 Å². The number of carbonyl (C=O) groups is 1. The van der Waals surface area contributed by atoms with Crippen LogP contribution in [0.4, 0.5) is 0 Å². The largest absolute Gasteiger partial charge is 0.378 e. The minimum absolute atomic E-state index is 0.282. The van der Waals surface area contributed by atoms with Crippen LogP contribution in [0.1, 0.15) is 22.9 Å². The number of hydrogen-bond acceptors (Lipinski definition) is 4. The maximum Gasteiger partial charge on any atom is 0.280 e.